The number of fused-ring (bicyclic) bond motifs is 2. The molecular formula is C23H28F6N4O6. The number of carbonyl (C=O) groups is 2. The minimum atomic E-state index is -5.08. The Morgan fingerprint density at radius 3 is 2.08 bits per heavy atom. The molecule has 218 valence electrons. The van der Waals surface area contributed by atoms with E-state index in [0.29, 0.717) is 6.79 Å². The molecule has 10 nitrogen and oxygen atoms in total. The van der Waals surface area contributed by atoms with Crippen LogP contribution in [0.4, 0.5) is 26.3 Å². The molecule has 0 amide bonds. The fourth-order valence-corrected chi connectivity index (χ4v) is 3.55. The predicted octanol–water partition coefficient (Wildman–Crippen LogP) is 3.74. The summed E-state index contributed by atoms with van der Waals surface area (Å²) in [5.74, 6) is -2.63. The van der Waals surface area contributed by atoms with E-state index in [2.05, 4.69) is 46.5 Å². The van der Waals surface area contributed by atoms with Gasteiger partial charge in [-0.3, -0.25) is 9.80 Å². The minimum Gasteiger partial charge on any atom is -0.475 e. The van der Waals surface area contributed by atoms with E-state index in [-0.39, 0.29) is 0 Å². The molecule has 0 bridgehead atoms. The number of rotatable bonds is 6. The topological polar surface area (TPSA) is 117 Å². The van der Waals surface area contributed by atoms with Gasteiger partial charge in [0.2, 0.25) is 6.79 Å². The third-order valence-electron chi connectivity index (χ3n) is 5.54. The second kappa shape index (κ2) is 13.5. The van der Waals surface area contributed by atoms with Crippen molar-refractivity contribution in [1.29, 1.82) is 0 Å². The Labute approximate surface area is 219 Å². The molecule has 1 aromatic carbocycles. The Bertz CT molecular complexity index is 1090. The highest BCUT2D eigenvalue weighted by atomic mass is 19.4. The van der Waals surface area contributed by atoms with Crippen LogP contribution in [0, 0.1) is 0 Å². The number of hydrogen-bond acceptors (Lipinski definition) is 7. The van der Waals surface area contributed by atoms with Crippen molar-refractivity contribution in [3.8, 4) is 11.5 Å². The van der Waals surface area contributed by atoms with E-state index in [0.717, 1.165) is 57.3 Å². The van der Waals surface area contributed by atoms with Gasteiger partial charge in [0.25, 0.3) is 0 Å². The monoisotopic (exact) mass is 570 g/mol. The van der Waals surface area contributed by atoms with E-state index in [1.165, 1.54) is 17.1 Å². The number of carboxylic acids is 2. The molecule has 0 aliphatic carbocycles. The maximum absolute atomic E-state index is 10.6. The zero-order chi connectivity index (χ0) is 29.4. The summed E-state index contributed by atoms with van der Waals surface area (Å²) in [5.41, 5.74) is 2.44. The van der Waals surface area contributed by atoms with Crippen LogP contribution in [-0.4, -0.2) is 80.3 Å². The first-order valence-electron chi connectivity index (χ1n) is 11.6. The van der Waals surface area contributed by atoms with Gasteiger partial charge >= 0.3 is 24.3 Å². The summed E-state index contributed by atoms with van der Waals surface area (Å²) in [7, 11) is 0. The van der Waals surface area contributed by atoms with Gasteiger partial charge in [-0.05, 0) is 30.8 Å². The average Bonchev–Trinajstić information content (AvgIpc) is 3.47. The van der Waals surface area contributed by atoms with Gasteiger partial charge in [0.15, 0.2) is 11.5 Å². The van der Waals surface area contributed by atoms with Crippen molar-refractivity contribution in [2.45, 2.75) is 52.4 Å². The SMILES string of the molecule is CCN(CC)Cc1cn2c(n1)CN(Cc1ccc3c(c1)OCO3)CC2.O=C(O)C(F)(F)F.O=C(O)C(F)(F)F. The van der Waals surface area contributed by atoms with Gasteiger partial charge in [0, 0.05) is 32.4 Å². The van der Waals surface area contributed by atoms with Crippen molar-refractivity contribution in [3.63, 3.8) is 0 Å². The zero-order valence-corrected chi connectivity index (χ0v) is 21.1. The average molecular weight is 570 g/mol. The lowest BCUT2D eigenvalue weighted by Gasteiger charge is -2.27. The molecule has 1 aromatic heterocycles. The summed E-state index contributed by atoms with van der Waals surface area (Å²) in [4.78, 5) is 27.5. The molecule has 3 heterocycles. The molecule has 2 aromatic rings. The predicted molar refractivity (Wildman–Crippen MR) is 123 cm³/mol. The summed E-state index contributed by atoms with van der Waals surface area (Å²) >= 11 is 0. The molecule has 0 saturated carbocycles. The summed E-state index contributed by atoms with van der Waals surface area (Å²) in [5, 5.41) is 14.2. The van der Waals surface area contributed by atoms with Crippen molar-refractivity contribution >= 4 is 11.9 Å². The third-order valence-corrected chi connectivity index (χ3v) is 5.54. The number of carboxylic acid groups (broad SMARTS) is 2. The first kappa shape index (κ1) is 31.7. The van der Waals surface area contributed by atoms with Crippen molar-refractivity contribution in [1.82, 2.24) is 19.4 Å². The maximum atomic E-state index is 10.6. The van der Waals surface area contributed by atoms with E-state index in [4.69, 9.17) is 34.3 Å². The first-order chi connectivity index (χ1) is 18.1. The maximum Gasteiger partial charge on any atom is 0.490 e. The summed E-state index contributed by atoms with van der Waals surface area (Å²) < 4.78 is 76.7. The van der Waals surface area contributed by atoms with Crippen LogP contribution in [-0.2, 0) is 35.8 Å². The van der Waals surface area contributed by atoms with E-state index in [9.17, 15) is 26.3 Å². The molecule has 16 heteroatoms. The molecule has 0 unspecified atom stereocenters. The van der Waals surface area contributed by atoms with Gasteiger partial charge in [-0.15, -0.1) is 0 Å². The Balaban J connectivity index is 0.000000317. The van der Waals surface area contributed by atoms with Crippen molar-refractivity contribution in [2.24, 2.45) is 0 Å². The number of nitrogens with zero attached hydrogens (tertiary/aromatic N) is 4. The first-order valence-corrected chi connectivity index (χ1v) is 11.6. The molecule has 2 aliphatic rings. The van der Waals surface area contributed by atoms with Gasteiger partial charge in [-0.2, -0.15) is 26.3 Å². The van der Waals surface area contributed by atoms with Gasteiger partial charge < -0.3 is 24.3 Å². The molecule has 39 heavy (non-hydrogen) atoms. The van der Waals surface area contributed by atoms with Crippen LogP contribution < -0.4 is 9.47 Å². The van der Waals surface area contributed by atoms with Gasteiger partial charge in [-0.25, -0.2) is 14.6 Å². The van der Waals surface area contributed by atoms with E-state index >= 15 is 0 Å². The third kappa shape index (κ3) is 9.94. The van der Waals surface area contributed by atoms with Gasteiger partial charge in [0.1, 0.15) is 5.82 Å². The van der Waals surface area contributed by atoms with Crippen molar-refractivity contribution in [2.75, 3.05) is 26.4 Å². The number of alkyl halides is 6. The molecule has 0 saturated heterocycles. The lowest BCUT2D eigenvalue weighted by Crippen LogP contribution is -2.33. The molecule has 2 aliphatic heterocycles. The Morgan fingerprint density at radius 1 is 0.974 bits per heavy atom. The number of aromatic nitrogens is 2. The van der Waals surface area contributed by atoms with Crippen LogP contribution in [0.25, 0.3) is 0 Å². The highest BCUT2D eigenvalue weighted by molar-refractivity contribution is 5.73. The molecule has 2 N–H and O–H groups in total. The lowest BCUT2D eigenvalue weighted by atomic mass is 10.2. The number of hydrogen-bond donors (Lipinski definition) is 2. The van der Waals surface area contributed by atoms with Gasteiger partial charge in [0.05, 0.1) is 12.2 Å². The molecule has 0 fully saturated rings. The minimum absolute atomic E-state index is 0.329. The van der Waals surface area contributed by atoms with Crippen LogP contribution in [0.15, 0.2) is 24.4 Å². The van der Waals surface area contributed by atoms with Crippen molar-refractivity contribution < 1.29 is 55.6 Å². The number of halogens is 6. The summed E-state index contributed by atoms with van der Waals surface area (Å²) in [6.45, 7) is 11.7. The zero-order valence-electron chi connectivity index (χ0n) is 21.1. The van der Waals surface area contributed by atoms with E-state index in [1.54, 1.807) is 0 Å². The Hall–Kier alpha value is -3.53. The van der Waals surface area contributed by atoms with Crippen LogP contribution >= 0.6 is 0 Å². The fourth-order valence-electron chi connectivity index (χ4n) is 3.55. The lowest BCUT2D eigenvalue weighted by molar-refractivity contribution is -0.193. The smallest absolute Gasteiger partial charge is 0.475 e. The molecule has 4 rings (SSSR count). The number of imidazole rings is 1. The second-order valence-electron chi connectivity index (χ2n) is 8.31. The highest BCUT2D eigenvalue weighted by Crippen LogP contribution is 2.33. The second-order valence-corrected chi connectivity index (χ2v) is 8.31. The van der Waals surface area contributed by atoms with Crippen LogP contribution in [0.2, 0.25) is 0 Å². The highest BCUT2D eigenvalue weighted by Gasteiger charge is 2.38. The van der Waals surface area contributed by atoms with E-state index in [1.807, 2.05) is 6.07 Å². The Kier molecular flexibility index (Phi) is 11.0. The van der Waals surface area contributed by atoms with Crippen LogP contribution in [0.5, 0.6) is 11.5 Å². The Morgan fingerprint density at radius 2 is 1.54 bits per heavy atom. The molecular weight excluding hydrogens is 542 g/mol. The molecule has 0 spiro atoms. The quantitative estimate of drug-likeness (QED) is 0.501. The number of benzene rings is 1. The normalized spacial score (nSPS) is 14.6. The van der Waals surface area contributed by atoms with Crippen LogP contribution in [0.3, 0.4) is 0 Å². The summed E-state index contributed by atoms with van der Waals surface area (Å²) in [6.07, 6.45) is -7.94. The summed E-state index contributed by atoms with van der Waals surface area (Å²) in [6, 6.07) is 6.22. The van der Waals surface area contributed by atoms with Crippen molar-refractivity contribution in [3.05, 3.63) is 41.5 Å². The number of ether oxygens (including phenoxy) is 2. The number of aliphatic carboxylic acids is 2. The van der Waals surface area contributed by atoms with Gasteiger partial charge in [-0.1, -0.05) is 19.9 Å². The molecule has 0 atom stereocenters. The largest absolute Gasteiger partial charge is 0.490 e. The van der Waals surface area contributed by atoms with E-state index < -0.39 is 24.3 Å². The standard InChI is InChI=1S/C19H26N4O2.2C2HF3O2/c1-3-21(4-2)11-16-12-23-8-7-22(13-19(23)20-16)10-15-5-6-17-18(9-15)25-14-24-17;2*3-2(4,5)1(6)7/h5-6,9,12H,3-4,7-8,10-11,13-14H2,1-2H3;2*(H,6,7). The van der Waals surface area contributed by atoms with Crippen LogP contribution in [0.1, 0.15) is 30.9 Å². The molecule has 0 radical (unpaired) electrons. The fraction of sp³-hybridized carbons (Fsp3) is 0.522.